The molecule has 1 saturated heterocycles. The van der Waals surface area contributed by atoms with E-state index in [4.69, 9.17) is 10.2 Å². The van der Waals surface area contributed by atoms with Crippen molar-refractivity contribution >= 4 is 18.1 Å². The summed E-state index contributed by atoms with van der Waals surface area (Å²) in [7, 11) is 3.01. The summed E-state index contributed by atoms with van der Waals surface area (Å²) in [6.07, 6.45) is -2.36. The van der Waals surface area contributed by atoms with Crippen LogP contribution >= 0.6 is 0 Å². The van der Waals surface area contributed by atoms with E-state index in [0.717, 1.165) is 9.80 Å². The van der Waals surface area contributed by atoms with E-state index >= 15 is 0 Å². The second-order valence-electron chi connectivity index (χ2n) is 4.47. The molecule has 0 aromatic rings. The molecule has 1 aliphatic rings. The van der Waals surface area contributed by atoms with Gasteiger partial charge in [0.1, 0.15) is 6.04 Å². The Kier molecular flexibility index (Phi) is 4.00. The monoisotopic (exact) mass is 259 g/mol. The van der Waals surface area contributed by atoms with E-state index in [1.54, 1.807) is 6.92 Å². The van der Waals surface area contributed by atoms with Crippen molar-refractivity contribution in [3.05, 3.63) is 0 Å². The van der Waals surface area contributed by atoms with Gasteiger partial charge in [-0.1, -0.05) is 0 Å². The van der Waals surface area contributed by atoms with Crippen molar-refractivity contribution in [2.75, 3.05) is 27.2 Å². The minimum atomic E-state index is -1.22. The predicted molar refractivity (Wildman–Crippen MR) is 61.4 cm³/mol. The molecule has 102 valence electrons. The fourth-order valence-corrected chi connectivity index (χ4v) is 1.96. The highest BCUT2D eigenvalue weighted by Crippen LogP contribution is 2.17. The lowest BCUT2D eigenvalue weighted by Gasteiger charge is -2.42. The van der Waals surface area contributed by atoms with Crippen LogP contribution in [0.2, 0.25) is 0 Å². The minimum absolute atomic E-state index is 0.00806. The van der Waals surface area contributed by atoms with Crippen LogP contribution in [0.25, 0.3) is 0 Å². The highest BCUT2D eigenvalue weighted by Gasteiger charge is 2.40. The van der Waals surface area contributed by atoms with E-state index in [2.05, 4.69) is 0 Å². The highest BCUT2D eigenvalue weighted by molar-refractivity contribution is 5.86. The molecule has 2 N–H and O–H groups in total. The molecule has 2 atom stereocenters. The van der Waals surface area contributed by atoms with Gasteiger partial charge in [-0.3, -0.25) is 9.69 Å². The van der Waals surface area contributed by atoms with Crippen LogP contribution in [-0.2, 0) is 4.79 Å². The first-order valence-corrected chi connectivity index (χ1v) is 5.46. The maximum atomic E-state index is 11.9. The van der Waals surface area contributed by atoms with Crippen molar-refractivity contribution in [2.45, 2.75) is 19.0 Å². The zero-order chi connectivity index (χ0) is 14.0. The number of piperazine rings is 1. The molecular formula is C10H17N3O5. The molecule has 1 heterocycles. The summed E-state index contributed by atoms with van der Waals surface area (Å²) >= 11 is 0. The summed E-state index contributed by atoms with van der Waals surface area (Å²) in [6.45, 7) is 1.46. The lowest BCUT2D eigenvalue weighted by molar-refractivity contribution is -0.136. The summed E-state index contributed by atoms with van der Waals surface area (Å²) in [4.78, 5) is 37.3. The Balaban J connectivity index is 2.97. The topological polar surface area (TPSA) is 101 Å². The van der Waals surface area contributed by atoms with Gasteiger partial charge in [0.05, 0.1) is 12.6 Å². The third kappa shape index (κ3) is 2.63. The summed E-state index contributed by atoms with van der Waals surface area (Å²) < 4.78 is 0. The largest absolute Gasteiger partial charge is 0.465 e. The van der Waals surface area contributed by atoms with E-state index in [1.165, 1.54) is 19.0 Å². The Bertz CT molecular complexity index is 371. The third-order valence-corrected chi connectivity index (χ3v) is 2.96. The van der Waals surface area contributed by atoms with Crippen LogP contribution in [0.4, 0.5) is 9.59 Å². The average Bonchev–Trinajstić information content (AvgIpc) is 2.26. The molecule has 8 heteroatoms. The lowest BCUT2D eigenvalue weighted by atomic mass is 10.1. The molecule has 0 saturated carbocycles. The van der Waals surface area contributed by atoms with E-state index in [1.807, 2.05) is 0 Å². The molecule has 8 nitrogen and oxygen atoms in total. The Labute approximate surface area is 104 Å². The number of hydrogen-bond acceptors (Lipinski definition) is 3. The molecular weight excluding hydrogens is 242 g/mol. The van der Waals surface area contributed by atoms with Crippen molar-refractivity contribution in [1.29, 1.82) is 0 Å². The molecule has 1 aliphatic heterocycles. The van der Waals surface area contributed by atoms with Gasteiger partial charge in [-0.05, 0) is 6.92 Å². The Morgan fingerprint density at radius 3 is 1.94 bits per heavy atom. The minimum Gasteiger partial charge on any atom is -0.465 e. The molecule has 0 bridgehead atoms. The van der Waals surface area contributed by atoms with Crippen LogP contribution < -0.4 is 0 Å². The van der Waals surface area contributed by atoms with Gasteiger partial charge >= 0.3 is 12.2 Å². The number of amides is 3. The molecule has 0 aromatic carbocycles. The number of likely N-dealkylation sites (N-methyl/N-ethyl adjacent to an activating group) is 1. The van der Waals surface area contributed by atoms with Gasteiger partial charge in [0.15, 0.2) is 0 Å². The van der Waals surface area contributed by atoms with Gasteiger partial charge in [-0.2, -0.15) is 0 Å². The van der Waals surface area contributed by atoms with E-state index < -0.39 is 30.2 Å². The Morgan fingerprint density at radius 1 is 1.06 bits per heavy atom. The quantitative estimate of drug-likeness (QED) is 0.679. The first kappa shape index (κ1) is 14.1. The number of nitrogens with zero attached hydrogens (tertiary/aromatic N) is 3. The maximum Gasteiger partial charge on any atom is 0.408 e. The first-order valence-electron chi connectivity index (χ1n) is 5.46. The molecule has 0 aliphatic carbocycles. The zero-order valence-electron chi connectivity index (χ0n) is 10.5. The van der Waals surface area contributed by atoms with Gasteiger partial charge < -0.3 is 20.0 Å². The fourth-order valence-electron chi connectivity index (χ4n) is 1.96. The summed E-state index contributed by atoms with van der Waals surface area (Å²) in [5.41, 5.74) is 0. The second kappa shape index (κ2) is 5.11. The van der Waals surface area contributed by atoms with Crippen molar-refractivity contribution in [2.24, 2.45) is 0 Å². The summed E-state index contributed by atoms with van der Waals surface area (Å²) in [5.74, 6) is -0.421. The normalized spacial score (nSPS) is 23.7. The number of carbonyl (C=O) groups excluding carboxylic acids is 1. The van der Waals surface area contributed by atoms with Crippen LogP contribution in [0.1, 0.15) is 6.92 Å². The van der Waals surface area contributed by atoms with Crippen molar-refractivity contribution < 1.29 is 24.6 Å². The molecule has 0 unspecified atom stereocenters. The van der Waals surface area contributed by atoms with Crippen molar-refractivity contribution in [1.82, 2.24) is 14.7 Å². The van der Waals surface area contributed by atoms with Gasteiger partial charge in [0, 0.05) is 20.6 Å². The Hall–Kier alpha value is -1.99. The fraction of sp³-hybridized carbons (Fsp3) is 0.700. The van der Waals surface area contributed by atoms with Crippen LogP contribution in [-0.4, -0.2) is 82.3 Å². The second-order valence-corrected chi connectivity index (χ2v) is 4.47. The number of hydrogen-bond donors (Lipinski definition) is 2. The number of carboxylic acid groups (broad SMARTS) is 2. The van der Waals surface area contributed by atoms with E-state index in [0.29, 0.717) is 0 Å². The summed E-state index contributed by atoms with van der Waals surface area (Å²) in [6, 6.07) is -1.45. The highest BCUT2D eigenvalue weighted by atomic mass is 16.4. The SMILES string of the molecule is C[C@@H]1CN(C(=O)O)[C@@H](C(=O)N(C)C)CN1C(=O)O. The van der Waals surface area contributed by atoms with Crippen LogP contribution in [0, 0.1) is 0 Å². The molecule has 1 fully saturated rings. The van der Waals surface area contributed by atoms with Gasteiger partial charge in [-0.15, -0.1) is 0 Å². The standard InChI is InChI=1S/C10H17N3O5/c1-6-4-13(10(17)18)7(8(14)11(2)3)5-12(6)9(15)16/h6-7H,4-5H2,1-3H3,(H,15,16)(H,17,18)/t6-,7-/m1/s1. The average molecular weight is 259 g/mol. The number of carbonyl (C=O) groups is 3. The molecule has 0 radical (unpaired) electrons. The van der Waals surface area contributed by atoms with Gasteiger partial charge in [0.2, 0.25) is 5.91 Å². The predicted octanol–water partition coefficient (Wildman–Crippen LogP) is -0.195. The van der Waals surface area contributed by atoms with Crippen LogP contribution in [0.3, 0.4) is 0 Å². The molecule has 1 rings (SSSR count). The molecule has 0 spiro atoms. The third-order valence-electron chi connectivity index (χ3n) is 2.96. The van der Waals surface area contributed by atoms with Gasteiger partial charge in [0.25, 0.3) is 0 Å². The molecule has 3 amide bonds. The van der Waals surface area contributed by atoms with Crippen molar-refractivity contribution in [3.8, 4) is 0 Å². The lowest BCUT2D eigenvalue weighted by Crippen LogP contribution is -2.63. The zero-order valence-corrected chi connectivity index (χ0v) is 10.5. The number of rotatable bonds is 1. The molecule has 0 aromatic heterocycles. The maximum absolute atomic E-state index is 11.9. The van der Waals surface area contributed by atoms with E-state index in [-0.39, 0.29) is 13.1 Å². The van der Waals surface area contributed by atoms with E-state index in [9.17, 15) is 14.4 Å². The van der Waals surface area contributed by atoms with Crippen molar-refractivity contribution in [3.63, 3.8) is 0 Å². The first-order chi connectivity index (χ1) is 8.25. The Morgan fingerprint density at radius 2 is 1.56 bits per heavy atom. The smallest absolute Gasteiger partial charge is 0.408 e. The van der Waals surface area contributed by atoms with Gasteiger partial charge in [-0.25, -0.2) is 9.59 Å². The molecule has 18 heavy (non-hydrogen) atoms. The van der Waals surface area contributed by atoms with Crippen LogP contribution in [0.15, 0.2) is 0 Å². The van der Waals surface area contributed by atoms with Crippen LogP contribution in [0.5, 0.6) is 0 Å². The summed E-state index contributed by atoms with van der Waals surface area (Å²) in [5, 5.41) is 18.1.